The predicted molar refractivity (Wildman–Crippen MR) is 43.7 cm³/mol. The van der Waals surface area contributed by atoms with E-state index in [2.05, 4.69) is 21.6 Å². The van der Waals surface area contributed by atoms with Crippen molar-refractivity contribution in [2.75, 3.05) is 6.54 Å². The molecule has 1 aliphatic rings. The van der Waals surface area contributed by atoms with E-state index in [-0.39, 0.29) is 0 Å². The van der Waals surface area contributed by atoms with E-state index in [0.29, 0.717) is 0 Å². The molecule has 0 unspecified atom stereocenters. The summed E-state index contributed by atoms with van der Waals surface area (Å²) in [6.07, 6.45) is 7.87. The lowest BCUT2D eigenvalue weighted by Gasteiger charge is -2.08. The minimum atomic E-state index is 0.894. The van der Waals surface area contributed by atoms with Gasteiger partial charge in [0.2, 0.25) is 0 Å². The summed E-state index contributed by atoms with van der Waals surface area (Å²) >= 11 is 0. The third kappa shape index (κ3) is 1.17. The van der Waals surface area contributed by atoms with E-state index in [4.69, 9.17) is 0 Å². The molecule has 0 saturated heterocycles. The lowest BCUT2D eigenvalue weighted by atomic mass is 10.2. The second-order valence-electron chi connectivity index (χ2n) is 2.36. The first kappa shape index (κ1) is 6.22. The summed E-state index contributed by atoms with van der Waals surface area (Å²) in [5, 5.41) is 9.98. The van der Waals surface area contributed by atoms with Gasteiger partial charge in [-0.3, -0.25) is 5.10 Å². The fraction of sp³-hybridized carbons (Fsp3) is 0.125. The summed E-state index contributed by atoms with van der Waals surface area (Å²) in [7, 11) is 0. The molecular weight excluding hydrogens is 138 g/mol. The zero-order chi connectivity index (χ0) is 7.52. The quantitative estimate of drug-likeness (QED) is 0.620. The van der Waals surface area contributed by atoms with Crippen molar-refractivity contribution in [3.8, 4) is 0 Å². The third-order valence-corrected chi connectivity index (χ3v) is 1.60. The zero-order valence-corrected chi connectivity index (χ0v) is 6.04. The first-order chi connectivity index (χ1) is 5.47. The fourth-order valence-corrected chi connectivity index (χ4v) is 1.05. The highest BCUT2D eigenvalue weighted by Crippen LogP contribution is 2.08. The lowest BCUT2D eigenvalue weighted by molar-refractivity contribution is 0.968. The molecular formula is C8H9N3. The van der Waals surface area contributed by atoms with E-state index in [1.807, 2.05) is 18.2 Å². The van der Waals surface area contributed by atoms with Gasteiger partial charge >= 0.3 is 0 Å². The van der Waals surface area contributed by atoms with Crippen LogP contribution in [0.5, 0.6) is 0 Å². The summed E-state index contributed by atoms with van der Waals surface area (Å²) in [5.74, 6) is 0. The number of nitrogens with zero attached hydrogens (tertiary/aromatic N) is 1. The number of aromatic amines is 1. The van der Waals surface area contributed by atoms with Gasteiger partial charge in [0.05, 0.1) is 11.4 Å². The maximum Gasteiger partial charge on any atom is 0.0809 e. The predicted octanol–water partition coefficient (Wildman–Crippen LogP) is 0.910. The maximum absolute atomic E-state index is 3.87. The van der Waals surface area contributed by atoms with Crippen LogP contribution in [0.25, 0.3) is 5.70 Å². The first-order valence-electron chi connectivity index (χ1n) is 3.57. The van der Waals surface area contributed by atoms with Gasteiger partial charge in [-0.1, -0.05) is 12.2 Å². The van der Waals surface area contributed by atoms with Gasteiger partial charge in [0.25, 0.3) is 0 Å². The molecule has 0 spiro atoms. The molecule has 0 aromatic carbocycles. The number of H-pyrrole nitrogens is 1. The Morgan fingerprint density at radius 2 is 2.45 bits per heavy atom. The SMILES string of the molecule is C1=CCNC(c2ccn[nH]2)=C1. The molecule has 0 fully saturated rings. The topological polar surface area (TPSA) is 40.7 Å². The van der Waals surface area contributed by atoms with E-state index in [0.717, 1.165) is 17.9 Å². The van der Waals surface area contributed by atoms with Crippen molar-refractivity contribution in [1.82, 2.24) is 15.5 Å². The van der Waals surface area contributed by atoms with E-state index >= 15 is 0 Å². The second-order valence-corrected chi connectivity index (χ2v) is 2.36. The molecule has 56 valence electrons. The van der Waals surface area contributed by atoms with E-state index in [1.54, 1.807) is 6.20 Å². The molecule has 1 aromatic rings. The Morgan fingerprint density at radius 1 is 1.45 bits per heavy atom. The van der Waals surface area contributed by atoms with Crippen molar-refractivity contribution in [3.05, 3.63) is 36.2 Å². The number of rotatable bonds is 1. The number of nitrogens with one attached hydrogen (secondary N) is 2. The lowest BCUT2D eigenvalue weighted by Crippen LogP contribution is -2.14. The molecule has 2 N–H and O–H groups in total. The monoisotopic (exact) mass is 147 g/mol. The Hall–Kier alpha value is -1.51. The van der Waals surface area contributed by atoms with E-state index < -0.39 is 0 Å². The van der Waals surface area contributed by atoms with Crippen LogP contribution in [0.3, 0.4) is 0 Å². The van der Waals surface area contributed by atoms with Crippen molar-refractivity contribution in [2.45, 2.75) is 0 Å². The van der Waals surface area contributed by atoms with E-state index in [9.17, 15) is 0 Å². The number of hydrogen-bond donors (Lipinski definition) is 2. The van der Waals surface area contributed by atoms with Crippen LogP contribution in [0.15, 0.2) is 30.5 Å². The van der Waals surface area contributed by atoms with Crippen LogP contribution in [0.4, 0.5) is 0 Å². The molecule has 0 bridgehead atoms. The summed E-state index contributed by atoms with van der Waals surface area (Å²) < 4.78 is 0. The first-order valence-corrected chi connectivity index (χ1v) is 3.57. The minimum Gasteiger partial charge on any atom is -0.380 e. The molecule has 1 aromatic heterocycles. The third-order valence-electron chi connectivity index (χ3n) is 1.60. The number of hydrogen-bond acceptors (Lipinski definition) is 2. The van der Waals surface area contributed by atoms with Gasteiger partial charge in [0, 0.05) is 12.7 Å². The van der Waals surface area contributed by atoms with Gasteiger partial charge in [0.15, 0.2) is 0 Å². The number of allylic oxidation sites excluding steroid dienone is 2. The van der Waals surface area contributed by atoms with Crippen LogP contribution in [0, 0.1) is 0 Å². The summed E-state index contributed by atoms with van der Waals surface area (Å²) in [5.41, 5.74) is 2.14. The van der Waals surface area contributed by atoms with Crippen molar-refractivity contribution >= 4 is 5.70 Å². The average molecular weight is 147 g/mol. The minimum absolute atomic E-state index is 0.894. The molecule has 2 heterocycles. The summed E-state index contributed by atoms with van der Waals surface area (Å²) in [6, 6.07) is 1.94. The molecule has 0 radical (unpaired) electrons. The molecule has 0 atom stereocenters. The second kappa shape index (κ2) is 2.62. The largest absolute Gasteiger partial charge is 0.380 e. The molecule has 0 amide bonds. The molecule has 1 aliphatic heterocycles. The molecule has 0 aliphatic carbocycles. The molecule has 11 heavy (non-hydrogen) atoms. The highest BCUT2D eigenvalue weighted by Gasteiger charge is 2.01. The number of aromatic nitrogens is 2. The van der Waals surface area contributed by atoms with Crippen LogP contribution in [0.1, 0.15) is 5.69 Å². The zero-order valence-electron chi connectivity index (χ0n) is 6.04. The molecule has 0 saturated carbocycles. The van der Waals surface area contributed by atoms with E-state index in [1.165, 1.54) is 0 Å². The maximum atomic E-state index is 3.87. The van der Waals surface area contributed by atoms with Gasteiger partial charge in [-0.2, -0.15) is 5.10 Å². The van der Waals surface area contributed by atoms with Gasteiger partial charge in [0.1, 0.15) is 0 Å². The Morgan fingerprint density at radius 3 is 3.09 bits per heavy atom. The van der Waals surface area contributed by atoms with Gasteiger partial charge in [-0.25, -0.2) is 0 Å². The normalized spacial score (nSPS) is 15.8. The highest BCUT2D eigenvalue weighted by molar-refractivity contribution is 5.63. The molecule has 3 nitrogen and oxygen atoms in total. The fourth-order valence-electron chi connectivity index (χ4n) is 1.05. The summed E-state index contributed by atoms with van der Waals surface area (Å²) in [4.78, 5) is 0. The van der Waals surface area contributed by atoms with Crippen LogP contribution in [0.2, 0.25) is 0 Å². The van der Waals surface area contributed by atoms with Crippen molar-refractivity contribution in [3.63, 3.8) is 0 Å². The van der Waals surface area contributed by atoms with Gasteiger partial charge in [-0.15, -0.1) is 0 Å². The summed E-state index contributed by atoms with van der Waals surface area (Å²) in [6.45, 7) is 0.894. The van der Waals surface area contributed by atoms with Crippen LogP contribution in [-0.4, -0.2) is 16.7 Å². The smallest absolute Gasteiger partial charge is 0.0809 e. The Kier molecular flexibility index (Phi) is 1.48. The number of dihydropyridines is 1. The van der Waals surface area contributed by atoms with Crippen LogP contribution >= 0.6 is 0 Å². The van der Waals surface area contributed by atoms with Crippen LogP contribution < -0.4 is 5.32 Å². The van der Waals surface area contributed by atoms with Gasteiger partial charge < -0.3 is 5.32 Å². The van der Waals surface area contributed by atoms with Gasteiger partial charge in [-0.05, 0) is 12.1 Å². The van der Waals surface area contributed by atoms with Crippen molar-refractivity contribution in [1.29, 1.82) is 0 Å². The Labute approximate surface area is 64.8 Å². The highest BCUT2D eigenvalue weighted by atomic mass is 15.1. The molecule has 2 rings (SSSR count). The Bertz CT molecular complexity index is 282. The standard InChI is InChI=1S/C8H9N3/c1-2-5-9-7(3-1)8-4-6-10-11-8/h1-4,6,9H,5H2,(H,10,11). The Balaban J connectivity index is 2.29. The average Bonchev–Trinajstić information content (AvgIpc) is 2.58. The van der Waals surface area contributed by atoms with Crippen molar-refractivity contribution in [2.24, 2.45) is 0 Å². The van der Waals surface area contributed by atoms with Crippen molar-refractivity contribution < 1.29 is 0 Å². The van der Waals surface area contributed by atoms with Crippen LogP contribution in [-0.2, 0) is 0 Å². The molecule has 3 heteroatoms.